The Morgan fingerprint density at radius 1 is 0.676 bits per heavy atom. The first kappa shape index (κ1) is 21.4. The maximum atomic E-state index is 12.8. The number of furan rings is 1. The molecule has 0 radical (unpaired) electrons. The number of hydrogen-bond donors (Lipinski definition) is 3. The molecule has 34 heavy (non-hydrogen) atoms. The minimum absolute atomic E-state index is 0.152. The maximum Gasteiger partial charge on any atom is 0.291 e. The SMILES string of the molecule is O=C(Nc1cccc(NC(=S)NC(=O)c2cccc3ccccc23)c1)c1cc2ccccc2o1. The van der Waals surface area contributed by atoms with Gasteiger partial charge in [0.15, 0.2) is 10.9 Å². The summed E-state index contributed by atoms with van der Waals surface area (Å²) in [6.07, 6.45) is 0. The Labute approximate surface area is 200 Å². The summed E-state index contributed by atoms with van der Waals surface area (Å²) >= 11 is 5.33. The van der Waals surface area contributed by atoms with Gasteiger partial charge in [-0.15, -0.1) is 0 Å². The molecule has 1 aromatic heterocycles. The van der Waals surface area contributed by atoms with Crippen LogP contribution in [0.5, 0.6) is 0 Å². The molecular weight excluding hydrogens is 446 g/mol. The number of carbonyl (C=O) groups is 2. The van der Waals surface area contributed by atoms with E-state index < -0.39 is 0 Å². The lowest BCUT2D eigenvalue weighted by molar-refractivity contribution is 0.0976. The Morgan fingerprint density at radius 2 is 1.35 bits per heavy atom. The number of carbonyl (C=O) groups excluding carboxylic acids is 2. The van der Waals surface area contributed by atoms with Crippen LogP contribution in [-0.2, 0) is 0 Å². The van der Waals surface area contributed by atoms with Crippen molar-refractivity contribution in [2.45, 2.75) is 0 Å². The van der Waals surface area contributed by atoms with Crippen molar-refractivity contribution in [2.75, 3.05) is 10.6 Å². The fourth-order valence-electron chi connectivity index (χ4n) is 3.72. The lowest BCUT2D eigenvalue weighted by Gasteiger charge is -2.12. The number of fused-ring (bicyclic) bond motifs is 2. The topological polar surface area (TPSA) is 83.4 Å². The summed E-state index contributed by atoms with van der Waals surface area (Å²) in [5.74, 6) is -0.443. The van der Waals surface area contributed by atoms with Gasteiger partial charge in [-0.1, -0.05) is 60.7 Å². The third-order valence-corrected chi connectivity index (χ3v) is 5.49. The van der Waals surface area contributed by atoms with E-state index >= 15 is 0 Å². The van der Waals surface area contributed by atoms with Crippen LogP contribution in [0.2, 0.25) is 0 Å². The monoisotopic (exact) mass is 465 g/mol. The summed E-state index contributed by atoms with van der Waals surface area (Å²) < 4.78 is 5.62. The molecule has 1 heterocycles. The highest BCUT2D eigenvalue weighted by Gasteiger charge is 2.14. The average Bonchev–Trinajstić information content (AvgIpc) is 3.28. The van der Waals surface area contributed by atoms with Crippen LogP contribution >= 0.6 is 12.2 Å². The minimum Gasteiger partial charge on any atom is -0.451 e. The second-order valence-electron chi connectivity index (χ2n) is 7.62. The number of amides is 2. The first-order valence-corrected chi connectivity index (χ1v) is 11.0. The molecule has 5 rings (SSSR count). The van der Waals surface area contributed by atoms with Gasteiger partial charge in [0.2, 0.25) is 0 Å². The van der Waals surface area contributed by atoms with Crippen LogP contribution in [0.4, 0.5) is 11.4 Å². The highest BCUT2D eigenvalue weighted by Crippen LogP contribution is 2.22. The molecule has 0 aliphatic rings. The van der Waals surface area contributed by atoms with Crippen molar-refractivity contribution >= 4 is 62.3 Å². The summed E-state index contributed by atoms with van der Waals surface area (Å²) in [5, 5.41) is 11.4. The average molecular weight is 466 g/mol. The van der Waals surface area contributed by atoms with Crippen molar-refractivity contribution < 1.29 is 14.0 Å². The molecule has 0 atom stereocenters. The second kappa shape index (κ2) is 9.17. The number of para-hydroxylation sites is 1. The predicted octanol–water partition coefficient (Wildman–Crippen LogP) is 5.97. The van der Waals surface area contributed by atoms with E-state index in [1.807, 2.05) is 60.7 Å². The van der Waals surface area contributed by atoms with Crippen LogP contribution in [0.3, 0.4) is 0 Å². The van der Waals surface area contributed by atoms with Gasteiger partial charge in [0.25, 0.3) is 11.8 Å². The zero-order valence-corrected chi connectivity index (χ0v) is 18.7. The Kier molecular flexibility index (Phi) is 5.76. The van der Waals surface area contributed by atoms with E-state index in [1.165, 1.54) is 0 Å². The van der Waals surface area contributed by atoms with Crippen LogP contribution < -0.4 is 16.0 Å². The van der Waals surface area contributed by atoms with E-state index in [0.29, 0.717) is 22.5 Å². The summed E-state index contributed by atoms with van der Waals surface area (Å²) in [6.45, 7) is 0. The number of nitrogens with one attached hydrogen (secondary N) is 3. The van der Waals surface area contributed by atoms with E-state index in [1.54, 1.807) is 36.4 Å². The number of anilines is 2. The van der Waals surface area contributed by atoms with E-state index in [4.69, 9.17) is 16.6 Å². The summed E-state index contributed by atoms with van der Waals surface area (Å²) in [6, 6.07) is 29.4. The van der Waals surface area contributed by atoms with Crippen LogP contribution in [0.1, 0.15) is 20.9 Å². The molecule has 7 heteroatoms. The highest BCUT2D eigenvalue weighted by molar-refractivity contribution is 7.80. The van der Waals surface area contributed by atoms with Crippen molar-refractivity contribution in [1.29, 1.82) is 0 Å². The molecule has 0 bridgehead atoms. The van der Waals surface area contributed by atoms with E-state index in [-0.39, 0.29) is 22.7 Å². The smallest absolute Gasteiger partial charge is 0.291 e. The number of rotatable bonds is 4. The van der Waals surface area contributed by atoms with Gasteiger partial charge < -0.3 is 15.1 Å². The normalized spacial score (nSPS) is 10.7. The molecule has 0 aliphatic carbocycles. The first-order valence-electron chi connectivity index (χ1n) is 10.6. The van der Waals surface area contributed by atoms with Crippen LogP contribution in [0.15, 0.2) is 101 Å². The number of thiocarbonyl (C=S) groups is 1. The van der Waals surface area contributed by atoms with Gasteiger partial charge in [0.1, 0.15) is 5.58 Å². The Hall–Kier alpha value is -4.49. The molecule has 4 aromatic carbocycles. The molecule has 0 spiro atoms. The lowest BCUT2D eigenvalue weighted by Crippen LogP contribution is -2.34. The van der Waals surface area contributed by atoms with E-state index in [2.05, 4.69) is 16.0 Å². The lowest BCUT2D eigenvalue weighted by atomic mass is 10.0. The predicted molar refractivity (Wildman–Crippen MR) is 138 cm³/mol. The molecule has 5 aromatic rings. The third kappa shape index (κ3) is 4.51. The van der Waals surface area contributed by atoms with Gasteiger partial charge in [0.05, 0.1) is 0 Å². The highest BCUT2D eigenvalue weighted by atomic mass is 32.1. The molecule has 0 saturated heterocycles. The van der Waals surface area contributed by atoms with Gasteiger partial charge in [-0.25, -0.2) is 0 Å². The molecular formula is C27H19N3O3S. The summed E-state index contributed by atoms with van der Waals surface area (Å²) in [4.78, 5) is 25.4. The van der Waals surface area contributed by atoms with E-state index in [0.717, 1.165) is 16.2 Å². The number of benzene rings is 4. The van der Waals surface area contributed by atoms with Crippen molar-refractivity contribution in [3.05, 3.63) is 108 Å². The van der Waals surface area contributed by atoms with Crippen molar-refractivity contribution in [2.24, 2.45) is 0 Å². The van der Waals surface area contributed by atoms with Gasteiger partial charge in [-0.05, 0) is 59.4 Å². The largest absolute Gasteiger partial charge is 0.451 e. The Morgan fingerprint density at radius 3 is 2.18 bits per heavy atom. The molecule has 0 unspecified atom stereocenters. The van der Waals surface area contributed by atoms with Crippen LogP contribution in [-0.4, -0.2) is 16.9 Å². The maximum absolute atomic E-state index is 12.8. The fraction of sp³-hybridized carbons (Fsp3) is 0. The zero-order chi connectivity index (χ0) is 23.5. The van der Waals surface area contributed by atoms with Gasteiger partial charge in [-0.3, -0.25) is 14.9 Å². The van der Waals surface area contributed by atoms with Crippen LogP contribution in [0, 0.1) is 0 Å². The van der Waals surface area contributed by atoms with Gasteiger partial charge in [-0.2, -0.15) is 0 Å². The molecule has 0 aliphatic heterocycles. The number of hydrogen-bond acceptors (Lipinski definition) is 4. The molecule has 166 valence electrons. The molecule has 0 fully saturated rings. The quantitative estimate of drug-likeness (QED) is 0.285. The zero-order valence-electron chi connectivity index (χ0n) is 17.9. The second-order valence-corrected chi connectivity index (χ2v) is 8.03. The van der Waals surface area contributed by atoms with E-state index in [9.17, 15) is 9.59 Å². The standard InChI is InChI=1S/C27H19N3O3S/c31-25(22-13-5-9-17-7-1-3-12-21(17)22)30-27(34)29-20-11-6-10-19(16-20)28-26(32)24-15-18-8-2-4-14-23(18)33-24/h1-16H,(H,28,32)(H2,29,30,31,34). The molecule has 6 nitrogen and oxygen atoms in total. The third-order valence-electron chi connectivity index (χ3n) is 5.29. The van der Waals surface area contributed by atoms with Gasteiger partial charge in [0, 0.05) is 22.3 Å². The first-order chi connectivity index (χ1) is 16.6. The molecule has 2 amide bonds. The molecule has 0 saturated carbocycles. The molecule has 3 N–H and O–H groups in total. The van der Waals surface area contributed by atoms with Gasteiger partial charge >= 0.3 is 0 Å². The Balaban J connectivity index is 1.25. The minimum atomic E-state index is -0.361. The van der Waals surface area contributed by atoms with Crippen molar-refractivity contribution in [1.82, 2.24) is 5.32 Å². The summed E-state index contributed by atoms with van der Waals surface area (Å²) in [5.41, 5.74) is 2.36. The Bertz CT molecular complexity index is 1520. The van der Waals surface area contributed by atoms with Crippen molar-refractivity contribution in [3.63, 3.8) is 0 Å². The van der Waals surface area contributed by atoms with Crippen molar-refractivity contribution in [3.8, 4) is 0 Å². The summed E-state index contributed by atoms with van der Waals surface area (Å²) in [7, 11) is 0. The van der Waals surface area contributed by atoms with Crippen LogP contribution in [0.25, 0.3) is 21.7 Å². The fourth-order valence-corrected chi connectivity index (χ4v) is 3.93.